The SMILES string of the molecule is COc1ccccc1N1C(=O)/C(=C2/C(=O)N(C(C)=O)c3ccccc32)SC1=S. The molecule has 0 atom stereocenters. The lowest BCUT2D eigenvalue weighted by atomic mass is 10.1. The number of carbonyl (C=O) groups is 3. The van der Waals surface area contributed by atoms with Crippen molar-refractivity contribution < 1.29 is 19.1 Å². The molecule has 0 radical (unpaired) electrons. The van der Waals surface area contributed by atoms with E-state index in [9.17, 15) is 14.4 Å². The first-order valence-electron chi connectivity index (χ1n) is 8.33. The zero-order valence-electron chi connectivity index (χ0n) is 15.0. The van der Waals surface area contributed by atoms with Crippen LogP contribution in [-0.4, -0.2) is 29.2 Å². The van der Waals surface area contributed by atoms with E-state index in [1.165, 1.54) is 18.9 Å². The zero-order chi connectivity index (χ0) is 20.0. The van der Waals surface area contributed by atoms with Gasteiger partial charge < -0.3 is 4.74 Å². The first-order valence-corrected chi connectivity index (χ1v) is 9.56. The van der Waals surface area contributed by atoms with E-state index in [1.807, 2.05) is 0 Å². The summed E-state index contributed by atoms with van der Waals surface area (Å²) in [5.41, 5.74) is 1.71. The number of fused-ring (bicyclic) bond motifs is 1. The van der Waals surface area contributed by atoms with Crippen LogP contribution in [-0.2, 0) is 14.4 Å². The molecule has 2 aromatic rings. The first-order chi connectivity index (χ1) is 13.5. The molecule has 0 unspecified atom stereocenters. The van der Waals surface area contributed by atoms with E-state index in [4.69, 9.17) is 17.0 Å². The smallest absolute Gasteiger partial charge is 0.271 e. The van der Waals surface area contributed by atoms with Crippen LogP contribution in [0.1, 0.15) is 12.5 Å². The van der Waals surface area contributed by atoms with Gasteiger partial charge in [-0.2, -0.15) is 0 Å². The number of imide groups is 1. The third-order valence-electron chi connectivity index (χ3n) is 4.47. The summed E-state index contributed by atoms with van der Waals surface area (Å²) in [5, 5.41) is 0. The predicted octanol–water partition coefficient (Wildman–Crippen LogP) is 3.36. The average Bonchev–Trinajstić information content (AvgIpc) is 3.13. The summed E-state index contributed by atoms with van der Waals surface area (Å²) in [5.74, 6) is -0.849. The van der Waals surface area contributed by atoms with Crippen LogP contribution in [0.2, 0.25) is 0 Å². The highest BCUT2D eigenvalue weighted by atomic mass is 32.2. The van der Waals surface area contributed by atoms with Gasteiger partial charge in [0.25, 0.3) is 11.8 Å². The van der Waals surface area contributed by atoms with Gasteiger partial charge in [0.15, 0.2) is 4.32 Å². The van der Waals surface area contributed by atoms with Crippen molar-refractivity contribution in [1.29, 1.82) is 0 Å². The maximum absolute atomic E-state index is 13.3. The highest BCUT2D eigenvalue weighted by Gasteiger charge is 2.44. The Bertz CT molecular complexity index is 1090. The van der Waals surface area contributed by atoms with E-state index in [1.54, 1.807) is 48.5 Å². The van der Waals surface area contributed by atoms with Gasteiger partial charge in [-0.25, -0.2) is 4.90 Å². The fourth-order valence-corrected chi connectivity index (χ4v) is 4.65. The second-order valence-corrected chi connectivity index (χ2v) is 7.71. The molecular weight excluding hydrogens is 396 g/mol. The predicted molar refractivity (Wildman–Crippen MR) is 112 cm³/mol. The molecule has 0 aromatic heterocycles. The monoisotopic (exact) mass is 410 g/mol. The van der Waals surface area contributed by atoms with Crippen LogP contribution in [0.3, 0.4) is 0 Å². The maximum Gasteiger partial charge on any atom is 0.271 e. The Morgan fingerprint density at radius 1 is 1.00 bits per heavy atom. The molecule has 2 aliphatic rings. The number of anilines is 2. The van der Waals surface area contributed by atoms with Crippen molar-refractivity contribution in [3.8, 4) is 5.75 Å². The van der Waals surface area contributed by atoms with Gasteiger partial charge >= 0.3 is 0 Å². The number of amides is 3. The molecule has 0 aliphatic carbocycles. The van der Waals surface area contributed by atoms with Crippen molar-refractivity contribution >= 4 is 63.0 Å². The number of ether oxygens (including phenoxy) is 1. The minimum atomic E-state index is -0.519. The summed E-state index contributed by atoms with van der Waals surface area (Å²) < 4.78 is 5.64. The molecule has 3 amide bonds. The van der Waals surface area contributed by atoms with Gasteiger partial charge in [0.1, 0.15) is 5.75 Å². The van der Waals surface area contributed by atoms with Crippen LogP contribution >= 0.6 is 24.0 Å². The highest BCUT2D eigenvalue weighted by molar-refractivity contribution is 8.27. The van der Waals surface area contributed by atoms with E-state index in [0.717, 1.165) is 16.7 Å². The first kappa shape index (κ1) is 18.4. The molecular formula is C20H14N2O4S2. The number of rotatable bonds is 2. The van der Waals surface area contributed by atoms with Crippen LogP contribution < -0.4 is 14.5 Å². The molecule has 140 valence electrons. The summed E-state index contributed by atoms with van der Waals surface area (Å²) in [6.07, 6.45) is 0. The van der Waals surface area contributed by atoms with Gasteiger partial charge in [-0.1, -0.05) is 54.3 Å². The van der Waals surface area contributed by atoms with E-state index < -0.39 is 17.7 Å². The fourth-order valence-electron chi connectivity index (χ4n) is 3.29. The molecule has 0 spiro atoms. The van der Waals surface area contributed by atoms with Gasteiger partial charge in [0.2, 0.25) is 5.91 Å². The lowest BCUT2D eigenvalue weighted by Crippen LogP contribution is -2.32. The van der Waals surface area contributed by atoms with E-state index in [0.29, 0.717) is 27.0 Å². The Balaban J connectivity index is 1.87. The Kier molecular flexibility index (Phi) is 4.52. The van der Waals surface area contributed by atoms with Crippen molar-refractivity contribution in [3.05, 3.63) is 59.0 Å². The highest BCUT2D eigenvalue weighted by Crippen LogP contribution is 2.46. The number of hydrogen-bond donors (Lipinski definition) is 0. The summed E-state index contributed by atoms with van der Waals surface area (Å²) >= 11 is 6.47. The summed E-state index contributed by atoms with van der Waals surface area (Å²) in [4.78, 5) is 40.9. The van der Waals surface area contributed by atoms with Gasteiger partial charge in [-0.05, 0) is 18.2 Å². The fraction of sp³-hybridized carbons (Fsp3) is 0.100. The van der Waals surface area contributed by atoms with E-state index >= 15 is 0 Å². The summed E-state index contributed by atoms with van der Waals surface area (Å²) in [6, 6.07) is 13.9. The molecule has 0 bridgehead atoms. The van der Waals surface area contributed by atoms with Gasteiger partial charge in [-0.3, -0.25) is 19.3 Å². The van der Waals surface area contributed by atoms with Crippen molar-refractivity contribution in [2.75, 3.05) is 16.9 Å². The number of benzene rings is 2. The number of para-hydroxylation sites is 3. The number of hydrogen-bond acceptors (Lipinski definition) is 6. The van der Waals surface area contributed by atoms with Crippen molar-refractivity contribution in [2.24, 2.45) is 0 Å². The molecule has 8 heteroatoms. The van der Waals surface area contributed by atoms with Crippen LogP contribution in [0.25, 0.3) is 5.57 Å². The van der Waals surface area contributed by atoms with Gasteiger partial charge in [0, 0.05) is 12.5 Å². The summed E-state index contributed by atoms with van der Waals surface area (Å²) in [7, 11) is 1.51. The molecule has 2 aromatic carbocycles. The Morgan fingerprint density at radius 3 is 2.32 bits per heavy atom. The normalized spacial score (nSPS) is 18.7. The summed E-state index contributed by atoms with van der Waals surface area (Å²) in [6.45, 7) is 1.32. The number of thiocarbonyl (C=S) groups is 1. The van der Waals surface area contributed by atoms with E-state index in [-0.39, 0.29) is 10.5 Å². The molecule has 2 heterocycles. The Morgan fingerprint density at radius 2 is 1.64 bits per heavy atom. The average molecular weight is 410 g/mol. The van der Waals surface area contributed by atoms with E-state index in [2.05, 4.69) is 0 Å². The standard InChI is InChI=1S/C20H14N2O4S2/c1-11(23)21-13-8-4-3-7-12(13)16(18(21)24)17-19(25)22(20(27)28-17)14-9-5-6-10-15(14)26-2/h3-10H,1-2H3/b17-16-. The third-order valence-corrected chi connectivity index (χ3v) is 5.84. The quantitative estimate of drug-likeness (QED) is 0.559. The van der Waals surface area contributed by atoms with Crippen LogP contribution in [0.5, 0.6) is 5.75 Å². The lowest BCUT2D eigenvalue weighted by molar-refractivity contribution is -0.122. The molecule has 28 heavy (non-hydrogen) atoms. The molecule has 0 N–H and O–H groups in total. The Hall–Kier alpha value is -2.97. The number of methoxy groups -OCH3 is 1. The number of nitrogens with zero attached hydrogens (tertiary/aromatic N) is 2. The minimum absolute atomic E-state index is 0.195. The van der Waals surface area contributed by atoms with Crippen molar-refractivity contribution in [1.82, 2.24) is 0 Å². The number of thioether (sulfide) groups is 1. The topological polar surface area (TPSA) is 66.9 Å². The molecule has 1 saturated heterocycles. The van der Waals surface area contributed by atoms with Crippen LogP contribution in [0, 0.1) is 0 Å². The number of carbonyl (C=O) groups excluding carboxylic acids is 3. The maximum atomic E-state index is 13.3. The van der Waals surface area contributed by atoms with Crippen molar-refractivity contribution in [3.63, 3.8) is 0 Å². The Labute approximate surface area is 170 Å². The van der Waals surface area contributed by atoms with Gasteiger partial charge in [-0.15, -0.1) is 0 Å². The minimum Gasteiger partial charge on any atom is -0.495 e. The lowest BCUT2D eigenvalue weighted by Gasteiger charge is -2.17. The van der Waals surface area contributed by atoms with Crippen LogP contribution in [0.15, 0.2) is 53.4 Å². The zero-order valence-corrected chi connectivity index (χ0v) is 16.6. The second kappa shape index (κ2) is 6.88. The third kappa shape index (κ3) is 2.64. The molecule has 1 fully saturated rings. The van der Waals surface area contributed by atoms with Crippen molar-refractivity contribution in [2.45, 2.75) is 6.92 Å². The van der Waals surface area contributed by atoms with Crippen LogP contribution in [0.4, 0.5) is 11.4 Å². The molecule has 6 nitrogen and oxygen atoms in total. The van der Waals surface area contributed by atoms with Gasteiger partial charge in [0.05, 0.1) is 29.0 Å². The molecule has 2 aliphatic heterocycles. The molecule has 0 saturated carbocycles. The second-order valence-electron chi connectivity index (χ2n) is 6.06. The molecule has 4 rings (SSSR count). The largest absolute Gasteiger partial charge is 0.495 e.